The van der Waals surface area contributed by atoms with Crippen LogP contribution in [0.1, 0.15) is 51.7 Å². The molecule has 5 nitrogen and oxygen atoms in total. The van der Waals surface area contributed by atoms with Crippen molar-refractivity contribution in [3.63, 3.8) is 0 Å². The Morgan fingerprint density at radius 2 is 1.76 bits per heavy atom. The summed E-state index contributed by atoms with van der Waals surface area (Å²) in [7, 11) is 0. The van der Waals surface area contributed by atoms with Crippen molar-refractivity contribution >= 4 is 18.0 Å². The van der Waals surface area contributed by atoms with Crippen molar-refractivity contribution in [3.8, 4) is 6.07 Å². The summed E-state index contributed by atoms with van der Waals surface area (Å²) in [5.41, 5.74) is 1.77. The smallest absolute Gasteiger partial charge is 0.349 e. The Kier molecular flexibility index (Phi) is 7.87. The molecule has 0 saturated heterocycles. The van der Waals surface area contributed by atoms with Crippen LogP contribution >= 0.6 is 0 Å². The molecule has 1 atom stereocenters. The van der Waals surface area contributed by atoms with Gasteiger partial charge in [-0.15, -0.1) is 0 Å². The highest BCUT2D eigenvalue weighted by Gasteiger charge is 2.20. The highest BCUT2D eigenvalue weighted by Crippen LogP contribution is 2.16. The minimum Gasteiger partial charge on any atom is -0.448 e. The van der Waals surface area contributed by atoms with Gasteiger partial charge in [0.25, 0.3) is 5.91 Å². The Balaban J connectivity index is 2.76. The molecule has 0 bridgehead atoms. The third-order valence-electron chi connectivity index (χ3n) is 3.59. The molecule has 0 saturated carbocycles. The second-order valence-corrected chi connectivity index (χ2v) is 6.68. The van der Waals surface area contributed by atoms with Crippen molar-refractivity contribution in [2.45, 2.75) is 46.6 Å². The van der Waals surface area contributed by atoms with Crippen molar-refractivity contribution in [2.75, 3.05) is 6.54 Å². The largest absolute Gasteiger partial charge is 0.448 e. The van der Waals surface area contributed by atoms with E-state index in [-0.39, 0.29) is 11.5 Å². The van der Waals surface area contributed by atoms with E-state index in [0.29, 0.717) is 18.4 Å². The van der Waals surface area contributed by atoms with Crippen LogP contribution in [0.4, 0.5) is 0 Å². The summed E-state index contributed by atoms with van der Waals surface area (Å²) in [4.78, 5) is 24.0. The van der Waals surface area contributed by atoms with E-state index in [2.05, 4.69) is 19.2 Å². The van der Waals surface area contributed by atoms with Gasteiger partial charge in [-0.3, -0.25) is 4.79 Å². The topological polar surface area (TPSA) is 79.2 Å². The Labute approximate surface area is 149 Å². The van der Waals surface area contributed by atoms with Gasteiger partial charge in [-0.1, -0.05) is 52.0 Å². The molecule has 1 aromatic carbocycles. The summed E-state index contributed by atoms with van der Waals surface area (Å²) in [6.45, 7) is 10.1. The number of hydrogen-bond donors (Lipinski definition) is 1. The molecule has 0 heterocycles. The first-order chi connectivity index (χ1) is 11.7. The zero-order valence-corrected chi connectivity index (χ0v) is 15.5. The maximum absolute atomic E-state index is 12.1. The lowest BCUT2D eigenvalue weighted by Crippen LogP contribution is -2.37. The predicted molar refractivity (Wildman–Crippen MR) is 97.5 cm³/mol. The van der Waals surface area contributed by atoms with Crippen LogP contribution in [-0.4, -0.2) is 24.5 Å². The van der Waals surface area contributed by atoms with E-state index in [4.69, 9.17) is 4.74 Å². The zero-order valence-electron chi connectivity index (χ0n) is 15.5. The van der Waals surface area contributed by atoms with Crippen LogP contribution in [0.15, 0.2) is 29.8 Å². The second kappa shape index (κ2) is 9.63. The lowest BCUT2D eigenvalue weighted by atomic mass is 10.0. The van der Waals surface area contributed by atoms with Crippen LogP contribution in [0.25, 0.3) is 6.08 Å². The first-order valence-corrected chi connectivity index (χ1v) is 8.45. The molecule has 1 rings (SSSR count). The van der Waals surface area contributed by atoms with E-state index < -0.39 is 12.1 Å². The first kappa shape index (κ1) is 20.4. The van der Waals surface area contributed by atoms with Gasteiger partial charge in [-0.05, 0) is 36.0 Å². The lowest BCUT2D eigenvalue weighted by Gasteiger charge is -2.14. The molecule has 0 aliphatic heterocycles. The fourth-order valence-electron chi connectivity index (χ4n) is 2.01. The van der Waals surface area contributed by atoms with Crippen molar-refractivity contribution in [3.05, 3.63) is 41.0 Å². The molecule has 1 N–H and O–H groups in total. The number of nitrogens with zero attached hydrogens (tertiary/aromatic N) is 1. The number of ether oxygens (including phenoxy) is 1. The van der Waals surface area contributed by atoms with Crippen LogP contribution in [0, 0.1) is 17.2 Å². The quantitative estimate of drug-likeness (QED) is 0.468. The number of hydrogen-bond acceptors (Lipinski definition) is 4. The summed E-state index contributed by atoms with van der Waals surface area (Å²) in [6.07, 6.45) is 0.511. The third-order valence-corrected chi connectivity index (χ3v) is 3.59. The summed E-state index contributed by atoms with van der Waals surface area (Å²) < 4.78 is 5.09. The van der Waals surface area contributed by atoms with Crippen LogP contribution in [-0.2, 0) is 14.3 Å². The molecule has 0 unspecified atom stereocenters. The number of benzene rings is 1. The number of nitrogens with one attached hydrogen (secondary N) is 1. The number of nitriles is 1. The van der Waals surface area contributed by atoms with Gasteiger partial charge in [-0.2, -0.15) is 5.26 Å². The molecule has 0 aliphatic carbocycles. The van der Waals surface area contributed by atoms with Crippen molar-refractivity contribution in [1.82, 2.24) is 5.32 Å². The van der Waals surface area contributed by atoms with Crippen LogP contribution in [0.3, 0.4) is 0 Å². The lowest BCUT2D eigenvalue weighted by molar-refractivity contribution is -0.150. The summed E-state index contributed by atoms with van der Waals surface area (Å²) in [5, 5.41) is 11.9. The first-order valence-electron chi connectivity index (χ1n) is 8.45. The van der Waals surface area contributed by atoms with E-state index in [1.165, 1.54) is 18.6 Å². The zero-order chi connectivity index (χ0) is 19.0. The average molecular weight is 342 g/mol. The Bertz CT molecular complexity index is 667. The van der Waals surface area contributed by atoms with Crippen LogP contribution in [0.5, 0.6) is 0 Å². The molecule has 25 heavy (non-hydrogen) atoms. The van der Waals surface area contributed by atoms with Gasteiger partial charge >= 0.3 is 5.97 Å². The molecule has 0 spiro atoms. The van der Waals surface area contributed by atoms with Crippen LogP contribution < -0.4 is 5.32 Å². The third kappa shape index (κ3) is 6.80. The van der Waals surface area contributed by atoms with Gasteiger partial charge in [0.1, 0.15) is 11.6 Å². The number of esters is 1. The van der Waals surface area contributed by atoms with E-state index >= 15 is 0 Å². The molecule has 1 aromatic rings. The van der Waals surface area contributed by atoms with E-state index in [1.54, 1.807) is 0 Å². The number of amides is 1. The maximum Gasteiger partial charge on any atom is 0.349 e. The number of rotatable bonds is 7. The SMILES string of the molecule is CC(C)CNC(=O)[C@H](C)OC(=O)/C(C#N)=C/c1ccc(C(C)C)cc1. The highest BCUT2D eigenvalue weighted by molar-refractivity contribution is 5.99. The minimum atomic E-state index is -0.952. The maximum atomic E-state index is 12.1. The molecule has 0 fully saturated rings. The Morgan fingerprint density at radius 1 is 1.16 bits per heavy atom. The molecule has 1 amide bonds. The summed E-state index contributed by atoms with van der Waals surface area (Å²) in [6, 6.07) is 9.44. The average Bonchev–Trinajstić information content (AvgIpc) is 2.57. The standard InChI is InChI=1S/C20H26N2O3/c1-13(2)12-22-19(23)15(5)25-20(24)18(11-21)10-16-6-8-17(9-7-16)14(3)4/h6-10,13-15H,12H2,1-5H3,(H,22,23)/b18-10+/t15-/m0/s1. The summed E-state index contributed by atoms with van der Waals surface area (Å²) in [5.74, 6) is -0.470. The predicted octanol–water partition coefficient (Wildman–Crippen LogP) is 3.42. The van der Waals surface area contributed by atoms with E-state index in [9.17, 15) is 14.9 Å². The van der Waals surface area contributed by atoms with Gasteiger partial charge in [0.05, 0.1) is 0 Å². The van der Waals surface area contributed by atoms with Gasteiger partial charge in [-0.25, -0.2) is 4.79 Å². The molecular weight excluding hydrogens is 316 g/mol. The van der Waals surface area contributed by atoms with Crippen LogP contribution in [0.2, 0.25) is 0 Å². The molecule has 0 radical (unpaired) electrons. The molecule has 134 valence electrons. The number of carbonyl (C=O) groups is 2. The number of carbonyl (C=O) groups excluding carboxylic acids is 2. The van der Waals surface area contributed by atoms with Crippen molar-refractivity contribution in [2.24, 2.45) is 5.92 Å². The molecule has 5 heteroatoms. The summed E-state index contributed by atoms with van der Waals surface area (Å²) >= 11 is 0. The Morgan fingerprint density at radius 3 is 2.24 bits per heavy atom. The van der Waals surface area contributed by atoms with E-state index in [0.717, 1.165) is 5.56 Å². The minimum absolute atomic E-state index is 0.138. The second-order valence-electron chi connectivity index (χ2n) is 6.68. The van der Waals surface area contributed by atoms with Gasteiger partial charge in [0, 0.05) is 6.54 Å². The Hall–Kier alpha value is -2.61. The van der Waals surface area contributed by atoms with Crippen molar-refractivity contribution < 1.29 is 14.3 Å². The highest BCUT2D eigenvalue weighted by atomic mass is 16.5. The fraction of sp³-hybridized carbons (Fsp3) is 0.450. The fourth-order valence-corrected chi connectivity index (χ4v) is 2.01. The molecule has 0 aliphatic rings. The van der Waals surface area contributed by atoms with Gasteiger partial charge in [0.2, 0.25) is 0 Å². The van der Waals surface area contributed by atoms with Gasteiger partial charge in [0.15, 0.2) is 6.10 Å². The van der Waals surface area contributed by atoms with E-state index in [1.807, 2.05) is 44.2 Å². The molecular formula is C20H26N2O3. The van der Waals surface area contributed by atoms with Gasteiger partial charge < -0.3 is 10.1 Å². The monoisotopic (exact) mass is 342 g/mol. The molecule has 0 aromatic heterocycles. The normalized spacial score (nSPS) is 12.6. The van der Waals surface area contributed by atoms with Crippen molar-refractivity contribution in [1.29, 1.82) is 5.26 Å².